The Morgan fingerprint density at radius 3 is 2.50 bits per heavy atom. The summed E-state index contributed by atoms with van der Waals surface area (Å²) >= 11 is 0. The minimum absolute atomic E-state index is 0.0844. The summed E-state index contributed by atoms with van der Waals surface area (Å²) in [5.41, 5.74) is 0.592. The lowest BCUT2D eigenvalue weighted by Gasteiger charge is -2.23. The number of aliphatic hydroxyl groups is 1. The molecule has 154 valence electrons. The monoisotopic (exact) mass is 403 g/mol. The van der Waals surface area contributed by atoms with Gasteiger partial charge < -0.3 is 14.4 Å². The average Bonchev–Trinajstić information content (AvgIpc) is 3.29. The minimum Gasteiger partial charge on any atom is -0.507 e. The highest BCUT2D eigenvalue weighted by Gasteiger charge is 2.47. The number of ketones is 1. The van der Waals surface area contributed by atoms with E-state index in [2.05, 4.69) is 6.92 Å². The molecule has 1 aliphatic rings. The van der Waals surface area contributed by atoms with Crippen molar-refractivity contribution in [3.05, 3.63) is 77.3 Å². The molecule has 1 unspecified atom stereocenters. The van der Waals surface area contributed by atoms with E-state index in [9.17, 15) is 14.7 Å². The lowest BCUT2D eigenvalue weighted by atomic mass is 9.97. The van der Waals surface area contributed by atoms with Crippen LogP contribution >= 0.6 is 0 Å². The standard InChI is InChI=1S/C25H25NO4/c1-3-4-7-14-26-22(20-13-10-16(2)30-20)21(24(28)25(26)29)23(27)19-12-11-17-8-5-6-9-18(17)15-19/h5-6,8-13,15,22,27H,3-4,7,14H2,1-2H3/b23-21-. The Morgan fingerprint density at radius 2 is 1.80 bits per heavy atom. The van der Waals surface area contributed by atoms with Crippen molar-refractivity contribution in [2.75, 3.05) is 6.54 Å². The third-order valence-corrected chi connectivity index (χ3v) is 5.60. The van der Waals surface area contributed by atoms with Gasteiger partial charge in [0.05, 0.1) is 5.57 Å². The van der Waals surface area contributed by atoms with Gasteiger partial charge in [0.25, 0.3) is 11.7 Å². The van der Waals surface area contributed by atoms with Crippen molar-refractivity contribution in [2.45, 2.75) is 39.2 Å². The molecule has 3 aromatic rings. The van der Waals surface area contributed by atoms with Crippen LogP contribution in [0.25, 0.3) is 16.5 Å². The van der Waals surface area contributed by atoms with Gasteiger partial charge in [0, 0.05) is 12.1 Å². The molecular weight excluding hydrogens is 378 g/mol. The molecule has 1 saturated heterocycles. The molecule has 1 N–H and O–H groups in total. The fourth-order valence-electron chi connectivity index (χ4n) is 4.03. The highest BCUT2D eigenvalue weighted by atomic mass is 16.3. The molecule has 0 radical (unpaired) electrons. The second-order valence-electron chi connectivity index (χ2n) is 7.71. The van der Waals surface area contributed by atoms with Crippen molar-refractivity contribution < 1.29 is 19.1 Å². The Morgan fingerprint density at radius 1 is 1.03 bits per heavy atom. The zero-order chi connectivity index (χ0) is 21.3. The Labute approximate surface area is 175 Å². The first kappa shape index (κ1) is 20.0. The predicted molar refractivity (Wildman–Crippen MR) is 116 cm³/mol. The van der Waals surface area contributed by atoms with Gasteiger partial charge in [0.1, 0.15) is 23.3 Å². The van der Waals surface area contributed by atoms with Crippen molar-refractivity contribution in [1.82, 2.24) is 4.90 Å². The van der Waals surface area contributed by atoms with E-state index in [4.69, 9.17) is 4.42 Å². The van der Waals surface area contributed by atoms with Crippen molar-refractivity contribution in [1.29, 1.82) is 0 Å². The molecule has 1 aromatic heterocycles. The van der Waals surface area contributed by atoms with Crippen LogP contribution in [0.2, 0.25) is 0 Å². The molecule has 5 heteroatoms. The average molecular weight is 403 g/mol. The first-order valence-electron chi connectivity index (χ1n) is 10.3. The maximum Gasteiger partial charge on any atom is 0.295 e. The number of aryl methyl sites for hydroxylation is 1. The van der Waals surface area contributed by atoms with Gasteiger partial charge in [-0.15, -0.1) is 0 Å². The number of rotatable bonds is 6. The summed E-state index contributed by atoms with van der Waals surface area (Å²) in [7, 11) is 0. The van der Waals surface area contributed by atoms with Crippen molar-refractivity contribution in [3.63, 3.8) is 0 Å². The summed E-state index contributed by atoms with van der Waals surface area (Å²) in [5, 5.41) is 13.1. The topological polar surface area (TPSA) is 70.8 Å². The molecule has 1 aliphatic heterocycles. The summed E-state index contributed by atoms with van der Waals surface area (Å²) < 4.78 is 5.80. The van der Waals surface area contributed by atoms with Crippen molar-refractivity contribution >= 4 is 28.2 Å². The molecular formula is C25H25NO4. The second kappa shape index (κ2) is 8.19. The fraction of sp³-hybridized carbons (Fsp3) is 0.280. The number of hydrogen-bond donors (Lipinski definition) is 1. The number of Topliss-reactive ketones (excluding diaryl/α,β-unsaturated/α-hetero) is 1. The van der Waals surface area contributed by atoms with Crippen molar-refractivity contribution in [3.8, 4) is 0 Å². The minimum atomic E-state index is -0.720. The largest absolute Gasteiger partial charge is 0.507 e. The summed E-state index contributed by atoms with van der Waals surface area (Å²) in [4.78, 5) is 27.3. The molecule has 0 bridgehead atoms. The van der Waals surface area contributed by atoms with Gasteiger partial charge in [-0.1, -0.05) is 56.2 Å². The van der Waals surface area contributed by atoms with Crippen LogP contribution in [-0.2, 0) is 9.59 Å². The number of unbranched alkanes of at least 4 members (excludes halogenated alkanes) is 2. The normalized spacial score (nSPS) is 18.5. The Bertz CT molecular complexity index is 1140. The van der Waals surface area contributed by atoms with Gasteiger partial charge in [-0.2, -0.15) is 0 Å². The summed E-state index contributed by atoms with van der Waals surface area (Å²) in [5.74, 6) is -0.250. The SMILES string of the molecule is CCCCCN1C(=O)C(=O)/C(=C(\O)c2ccc3ccccc3c2)C1c1ccc(C)o1. The third kappa shape index (κ3) is 3.52. The van der Waals surface area contributed by atoms with Gasteiger partial charge in [-0.3, -0.25) is 9.59 Å². The van der Waals surface area contributed by atoms with Crippen LogP contribution in [-0.4, -0.2) is 28.2 Å². The predicted octanol–water partition coefficient (Wildman–Crippen LogP) is 5.35. The maximum atomic E-state index is 13.0. The van der Waals surface area contributed by atoms with Crippen LogP contribution in [0.4, 0.5) is 0 Å². The number of hydrogen-bond acceptors (Lipinski definition) is 4. The third-order valence-electron chi connectivity index (χ3n) is 5.60. The number of fused-ring (bicyclic) bond motifs is 1. The molecule has 1 fully saturated rings. The smallest absolute Gasteiger partial charge is 0.295 e. The first-order valence-corrected chi connectivity index (χ1v) is 10.3. The van der Waals surface area contributed by atoms with Crippen LogP contribution in [0, 0.1) is 6.92 Å². The molecule has 2 heterocycles. The molecule has 5 nitrogen and oxygen atoms in total. The van der Waals surface area contributed by atoms with Gasteiger partial charge >= 0.3 is 0 Å². The maximum absolute atomic E-state index is 13.0. The number of carbonyl (C=O) groups excluding carboxylic acids is 2. The molecule has 0 spiro atoms. The number of likely N-dealkylation sites (tertiary alicyclic amines) is 1. The number of carbonyl (C=O) groups is 2. The van der Waals surface area contributed by atoms with E-state index >= 15 is 0 Å². The van der Waals surface area contributed by atoms with E-state index < -0.39 is 17.7 Å². The Kier molecular flexibility index (Phi) is 5.44. The van der Waals surface area contributed by atoms with Gasteiger partial charge in [0.2, 0.25) is 0 Å². The molecule has 4 rings (SSSR count). The molecule has 30 heavy (non-hydrogen) atoms. The Balaban J connectivity index is 1.83. The number of nitrogens with zero attached hydrogens (tertiary/aromatic N) is 1. The second-order valence-corrected chi connectivity index (χ2v) is 7.71. The molecule has 0 aliphatic carbocycles. The lowest BCUT2D eigenvalue weighted by Crippen LogP contribution is -2.30. The lowest BCUT2D eigenvalue weighted by molar-refractivity contribution is -0.140. The van der Waals surface area contributed by atoms with E-state index in [1.165, 1.54) is 4.90 Å². The van der Waals surface area contributed by atoms with Crippen LogP contribution < -0.4 is 0 Å². The first-order chi connectivity index (χ1) is 14.5. The zero-order valence-electron chi connectivity index (χ0n) is 17.2. The number of benzene rings is 2. The van der Waals surface area contributed by atoms with Crippen LogP contribution in [0.1, 0.15) is 49.3 Å². The van der Waals surface area contributed by atoms with E-state index in [0.717, 1.165) is 30.0 Å². The molecule has 0 saturated carbocycles. The number of amides is 1. The van der Waals surface area contributed by atoms with E-state index in [-0.39, 0.29) is 11.3 Å². The van der Waals surface area contributed by atoms with Crippen LogP contribution in [0.15, 0.2) is 64.6 Å². The highest BCUT2D eigenvalue weighted by molar-refractivity contribution is 6.46. The molecule has 2 aromatic carbocycles. The molecule has 1 amide bonds. The fourth-order valence-corrected chi connectivity index (χ4v) is 4.03. The van der Waals surface area contributed by atoms with Gasteiger partial charge in [-0.05, 0) is 42.3 Å². The Hall–Kier alpha value is -3.34. The van der Waals surface area contributed by atoms with Gasteiger partial charge in [-0.25, -0.2) is 0 Å². The zero-order valence-corrected chi connectivity index (χ0v) is 17.2. The van der Waals surface area contributed by atoms with E-state index in [1.807, 2.05) is 43.3 Å². The van der Waals surface area contributed by atoms with E-state index in [1.54, 1.807) is 18.2 Å². The van der Waals surface area contributed by atoms with Gasteiger partial charge in [0.15, 0.2) is 0 Å². The molecule has 1 atom stereocenters. The number of aliphatic hydroxyl groups excluding tert-OH is 1. The number of furan rings is 1. The van der Waals surface area contributed by atoms with Crippen molar-refractivity contribution in [2.24, 2.45) is 0 Å². The summed E-state index contributed by atoms with van der Waals surface area (Å²) in [6.45, 7) is 4.34. The van der Waals surface area contributed by atoms with Crippen LogP contribution in [0.5, 0.6) is 0 Å². The van der Waals surface area contributed by atoms with E-state index in [0.29, 0.717) is 23.6 Å². The quantitative estimate of drug-likeness (QED) is 0.261. The van der Waals surface area contributed by atoms with Crippen LogP contribution in [0.3, 0.4) is 0 Å². The highest BCUT2D eigenvalue weighted by Crippen LogP contribution is 2.40. The summed E-state index contributed by atoms with van der Waals surface area (Å²) in [6, 6.07) is 16.2. The summed E-state index contributed by atoms with van der Waals surface area (Å²) in [6.07, 6.45) is 2.75.